The van der Waals surface area contributed by atoms with E-state index in [4.69, 9.17) is 0 Å². The molecular weight excluding hydrogens is 302 g/mol. The van der Waals surface area contributed by atoms with E-state index in [2.05, 4.69) is 30.1 Å². The van der Waals surface area contributed by atoms with Gasteiger partial charge in [0.25, 0.3) is 0 Å². The van der Waals surface area contributed by atoms with Crippen molar-refractivity contribution in [3.8, 4) is 0 Å². The van der Waals surface area contributed by atoms with Crippen LogP contribution in [-0.4, -0.2) is 36.9 Å². The third-order valence-corrected chi connectivity index (χ3v) is 4.59. The molecule has 0 spiro atoms. The largest absolute Gasteiger partial charge is 0.376 e. The molecule has 24 heavy (non-hydrogen) atoms. The molecular formula is C19H27N3O2. The molecule has 2 amide bonds. The molecule has 2 rings (SSSR count). The number of hydrogen-bond donors (Lipinski definition) is 1. The maximum Gasteiger partial charge on any atom is 0.224 e. The first-order valence-electron chi connectivity index (χ1n) is 8.62. The number of benzene rings is 1. The lowest BCUT2D eigenvalue weighted by Gasteiger charge is -2.23. The lowest BCUT2D eigenvalue weighted by molar-refractivity contribution is -0.116. The van der Waals surface area contributed by atoms with E-state index in [9.17, 15) is 9.59 Å². The fourth-order valence-corrected chi connectivity index (χ4v) is 3.10. The summed E-state index contributed by atoms with van der Waals surface area (Å²) in [5.74, 6) is 0.0298. The third-order valence-electron chi connectivity index (χ3n) is 4.59. The van der Waals surface area contributed by atoms with Crippen molar-refractivity contribution >= 4 is 23.7 Å². The van der Waals surface area contributed by atoms with Crippen molar-refractivity contribution < 1.29 is 9.59 Å². The Morgan fingerprint density at radius 3 is 2.88 bits per heavy atom. The summed E-state index contributed by atoms with van der Waals surface area (Å²) in [5, 5.41) is 3.01. The normalized spacial score (nSPS) is 13.6. The van der Waals surface area contributed by atoms with E-state index in [1.807, 2.05) is 25.1 Å². The van der Waals surface area contributed by atoms with Crippen LogP contribution in [0.3, 0.4) is 0 Å². The van der Waals surface area contributed by atoms with Gasteiger partial charge >= 0.3 is 0 Å². The Morgan fingerprint density at radius 2 is 2.21 bits per heavy atom. The van der Waals surface area contributed by atoms with Crippen LogP contribution in [0.1, 0.15) is 39.2 Å². The lowest BCUT2D eigenvalue weighted by atomic mass is 10.1. The van der Waals surface area contributed by atoms with Crippen molar-refractivity contribution in [1.29, 1.82) is 0 Å². The van der Waals surface area contributed by atoms with Crippen LogP contribution >= 0.6 is 0 Å². The van der Waals surface area contributed by atoms with Gasteiger partial charge in [-0.15, -0.1) is 0 Å². The quantitative estimate of drug-likeness (QED) is 0.745. The van der Waals surface area contributed by atoms with Crippen LogP contribution in [-0.2, 0) is 16.0 Å². The molecule has 0 atom stereocenters. The second kappa shape index (κ2) is 8.52. The van der Waals surface area contributed by atoms with Gasteiger partial charge in [0.2, 0.25) is 12.3 Å². The van der Waals surface area contributed by atoms with Gasteiger partial charge in [0.05, 0.1) is 0 Å². The highest BCUT2D eigenvalue weighted by Gasteiger charge is 2.21. The first kappa shape index (κ1) is 18.0. The molecule has 1 heterocycles. The monoisotopic (exact) mass is 329 g/mol. The van der Waals surface area contributed by atoms with Crippen molar-refractivity contribution in [3.63, 3.8) is 0 Å². The van der Waals surface area contributed by atoms with Gasteiger partial charge < -0.3 is 15.1 Å². The molecule has 0 fully saturated rings. The molecule has 0 saturated carbocycles. The summed E-state index contributed by atoms with van der Waals surface area (Å²) >= 11 is 0. The number of nitrogens with zero attached hydrogens (tertiary/aromatic N) is 2. The van der Waals surface area contributed by atoms with Crippen molar-refractivity contribution in [3.05, 3.63) is 35.5 Å². The fraction of sp³-hybridized carbons (Fsp3) is 0.474. The van der Waals surface area contributed by atoms with Crippen LogP contribution < -0.4 is 10.2 Å². The van der Waals surface area contributed by atoms with Gasteiger partial charge in [-0.2, -0.15) is 0 Å². The number of nitrogens with one attached hydrogen (secondary N) is 1. The fourth-order valence-electron chi connectivity index (χ4n) is 3.10. The summed E-state index contributed by atoms with van der Waals surface area (Å²) in [7, 11) is 0. The standard InChI is InChI=1S/C19H27N3O2/c1-4-15(3)21(5-2)12-7-10-19(24)20-17-8-6-9-18-16(17)11-13-22(18)14-23/h4,6,8-9,14H,5,7,10-13H2,1-3H3,(H,20,24)/b15-4+. The van der Waals surface area contributed by atoms with Crippen LogP contribution in [0, 0.1) is 0 Å². The maximum atomic E-state index is 12.2. The second-order valence-corrected chi connectivity index (χ2v) is 6.01. The van der Waals surface area contributed by atoms with E-state index < -0.39 is 0 Å². The van der Waals surface area contributed by atoms with Gasteiger partial charge in [0.1, 0.15) is 0 Å². The molecule has 5 heteroatoms. The Balaban J connectivity index is 1.90. The zero-order valence-electron chi connectivity index (χ0n) is 14.8. The first-order valence-corrected chi connectivity index (χ1v) is 8.62. The zero-order chi connectivity index (χ0) is 17.5. The molecule has 0 aromatic heterocycles. The second-order valence-electron chi connectivity index (χ2n) is 6.01. The van der Waals surface area contributed by atoms with Gasteiger partial charge in [-0.05, 0) is 45.7 Å². The minimum absolute atomic E-state index is 0.0298. The number of rotatable bonds is 8. The van der Waals surface area contributed by atoms with E-state index in [0.717, 1.165) is 49.3 Å². The average Bonchev–Trinajstić information content (AvgIpc) is 3.02. The smallest absolute Gasteiger partial charge is 0.224 e. The van der Waals surface area contributed by atoms with Gasteiger partial charge in [0, 0.05) is 48.7 Å². The number of carbonyl (C=O) groups excluding carboxylic acids is 2. The molecule has 0 bridgehead atoms. The zero-order valence-corrected chi connectivity index (χ0v) is 14.8. The van der Waals surface area contributed by atoms with E-state index in [1.165, 1.54) is 5.70 Å². The molecule has 1 aromatic carbocycles. The van der Waals surface area contributed by atoms with E-state index in [1.54, 1.807) is 4.90 Å². The number of amides is 2. The van der Waals surface area contributed by atoms with E-state index >= 15 is 0 Å². The average molecular weight is 329 g/mol. The summed E-state index contributed by atoms with van der Waals surface area (Å²) in [5.41, 5.74) is 4.04. The Morgan fingerprint density at radius 1 is 1.42 bits per heavy atom. The molecule has 0 unspecified atom stereocenters. The van der Waals surface area contributed by atoms with E-state index in [0.29, 0.717) is 13.0 Å². The predicted octanol–water partition coefficient (Wildman–Crippen LogP) is 3.17. The van der Waals surface area contributed by atoms with Gasteiger partial charge in [0.15, 0.2) is 0 Å². The topological polar surface area (TPSA) is 52.7 Å². The van der Waals surface area contributed by atoms with Gasteiger partial charge in [-0.1, -0.05) is 12.1 Å². The third kappa shape index (κ3) is 4.16. The molecule has 5 nitrogen and oxygen atoms in total. The highest BCUT2D eigenvalue weighted by molar-refractivity contribution is 5.94. The van der Waals surface area contributed by atoms with Crippen LogP contribution in [0.5, 0.6) is 0 Å². The van der Waals surface area contributed by atoms with Crippen molar-refractivity contribution in [2.75, 3.05) is 29.9 Å². The molecule has 0 radical (unpaired) electrons. The summed E-state index contributed by atoms with van der Waals surface area (Å²) < 4.78 is 0. The number of hydrogen-bond acceptors (Lipinski definition) is 3. The van der Waals surface area contributed by atoms with Gasteiger partial charge in [-0.25, -0.2) is 0 Å². The Labute approximate surface area is 144 Å². The minimum Gasteiger partial charge on any atom is -0.376 e. The molecule has 0 aliphatic carbocycles. The van der Waals surface area contributed by atoms with Crippen molar-refractivity contribution in [1.82, 2.24) is 4.90 Å². The number of allylic oxidation sites excluding steroid dienone is 2. The summed E-state index contributed by atoms with van der Waals surface area (Å²) in [4.78, 5) is 27.2. The molecule has 0 saturated heterocycles. The van der Waals surface area contributed by atoms with Crippen LogP contribution in [0.25, 0.3) is 0 Å². The lowest BCUT2D eigenvalue weighted by Crippen LogP contribution is -2.24. The number of fused-ring (bicyclic) bond motifs is 1. The van der Waals surface area contributed by atoms with Gasteiger partial charge in [-0.3, -0.25) is 9.59 Å². The Bertz CT molecular complexity index is 625. The number of carbonyl (C=O) groups is 2. The first-order chi connectivity index (χ1) is 11.6. The Hall–Kier alpha value is -2.30. The summed E-state index contributed by atoms with van der Waals surface area (Å²) in [6.45, 7) is 8.76. The molecule has 1 aliphatic rings. The van der Waals surface area contributed by atoms with Crippen molar-refractivity contribution in [2.45, 2.75) is 40.0 Å². The highest BCUT2D eigenvalue weighted by atomic mass is 16.1. The minimum atomic E-state index is 0.0298. The van der Waals surface area contributed by atoms with Crippen LogP contribution in [0.2, 0.25) is 0 Å². The molecule has 1 N–H and O–H groups in total. The van der Waals surface area contributed by atoms with Crippen LogP contribution in [0.15, 0.2) is 30.0 Å². The maximum absolute atomic E-state index is 12.2. The highest BCUT2D eigenvalue weighted by Crippen LogP contribution is 2.32. The SMILES string of the molecule is C/C=C(\C)N(CC)CCCC(=O)Nc1cccc2c1CCN2C=O. The molecule has 130 valence electrons. The number of anilines is 2. The summed E-state index contributed by atoms with van der Waals surface area (Å²) in [6.07, 6.45) is 5.04. The van der Waals surface area contributed by atoms with Crippen molar-refractivity contribution in [2.24, 2.45) is 0 Å². The molecule has 1 aromatic rings. The van der Waals surface area contributed by atoms with Crippen LogP contribution in [0.4, 0.5) is 11.4 Å². The summed E-state index contributed by atoms with van der Waals surface area (Å²) in [6, 6.07) is 5.71. The van der Waals surface area contributed by atoms with E-state index in [-0.39, 0.29) is 5.91 Å². The molecule has 1 aliphatic heterocycles. The Kier molecular flexibility index (Phi) is 6.41. The predicted molar refractivity (Wildman–Crippen MR) is 98.1 cm³/mol.